The first-order valence-corrected chi connectivity index (χ1v) is 7.90. The number of amides is 3. The van der Waals surface area contributed by atoms with Gasteiger partial charge in [-0.15, -0.1) is 0 Å². The Hall–Kier alpha value is -3.74. The number of rotatable bonds is 4. The van der Waals surface area contributed by atoms with Gasteiger partial charge in [0, 0.05) is 0 Å². The summed E-state index contributed by atoms with van der Waals surface area (Å²) in [6, 6.07) is 15.8. The molecule has 3 aromatic rings. The molecule has 0 radical (unpaired) electrons. The van der Waals surface area contributed by atoms with E-state index in [9.17, 15) is 14.4 Å². The smallest absolute Gasteiger partial charge is 0.262 e. The van der Waals surface area contributed by atoms with Crippen molar-refractivity contribution in [3.63, 3.8) is 0 Å². The third-order valence-electron chi connectivity index (χ3n) is 4.09. The number of aromatic nitrogens is 1. The molecule has 7 heteroatoms. The monoisotopic (exact) mass is 347 g/mol. The van der Waals surface area contributed by atoms with Crippen molar-refractivity contribution in [2.75, 3.05) is 11.9 Å². The number of fused-ring (bicyclic) bond motifs is 1. The van der Waals surface area contributed by atoms with Gasteiger partial charge in [-0.2, -0.15) is 0 Å². The van der Waals surface area contributed by atoms with Crippen LogP contribution < -0.4 is 5.32 Å². The molecule has 2 aromatic carbocycles. The van der Waals surface area contributed by atoms with E-state index in [2.05, 4.69) is 10.5 Å². The van der Waals surface area contributed by atoms with Crippen LogP contribution in [-0.4, -0.2) is 34.3 Å². The van der Waals surface area contributed by atoms with E-state index in [4.69, 9.17) is 4.52 Å². The van der Waals surface area contributed by atoms with Gasteiger partial charge in [-0.05, 0) is 17.7 Å². The fourth-order valence-corrected chi connectivity index (χ4v) is 2.85. The van der Waals surface area contributed by atoms with E-state index < -0.39 is 24.3 Å². The lowest BCUT2D eigenvalue weighted by atomic mass is 10.1. The Labute approximate surface area is 148 Å². The van der Waals surface area contributed by atoms with Gasteiger partial charge in [-0.1, -0.05) is 47.6 Å². The lowest BCUT2D eigenvalue weighted by molar-refractivity contribution is -0.116. The van der Waals surface area contributed by atoms with Crippen LogP contribution in [0.4, 0.5) is 5.88 Å². The van der Waals surface area contributed by atoms with Gasteiger partial charge in [0.15, 0.2) is 0 Å². The summed E-state index contributed by atoms with van der Waals surface area (Å²) in [6.45, 7) is -0.402. The maximum atomic E-state index is 12.3. The zero-order valence-corrected chi connectivity index (χ0v) is 13.5. The lowest BCUT2D eigenvalue weighted by Crippen LogP contribution is -2.37. The minimum absolute atomic E-state index is 0.165. The fraction of sp³-hybridized carbons (Fsp3) is 0.0526. The Morgan fingerprint density at radius 3 is 2.19 bits per heavy atom. The normalized spacial score (nSPS) is 13.0. The Morgan fingerprint density at radius 1 is 0.923 bits per heavy atom. The Kier molecular flexibility index (Phi) is 3.81. The highest BCUT2D eigenvalue weighted by Gasteiger charge is 2.36. The van der Waals surface area contributed by atoms with E-state index >= 15 is 0 Å². The summed E-state index contributed by atoms with van der Waals surface area (Å²) >= 11 is 0. The second-order valence-electron chi connectivity index (χ2n) is 5.72. The Balaban J connectivity index is 1.51. The summed E-state index contributed by atoms with van der Waals surface area (Å²) in [5.41, 5.74) is 2.04. The van der Waals surface area contributed by atoms with Gasteiger partial charge < -0.3 is 4.52 Å². The van der Waals surface area contributed by atoms with Gasteiger partial charge in [0.25, 0.3) is 11.8 Å². The fourth-order valence-electron chi connectivity index (χ4n) is 2.85. The first kappa shape index (κ1) is 15.8. The van der Waals surface area contributed by atoms with Crippen LogP contribution in [0.5, 0.6) is 0 Å². The number of imide groups is 1. The molecule has 0 atom stereocenters. The van der Waals surface area contributed by atoms with Crippen LogP contribution in [-0.2, 0) is 4.79 Å². The number of nitrogens with zero attached hydrogens (tertiary/aromatic N) is 2. The van der Waals surface area contributed by atoms with Gasteiger partial charge in [0.05, 0.1) is 22.9 Å². The van der Waals surface area contributed by atoms with Crippen molar-refractivity contribution in [1.29, 1.82) is 0 Å². The minimum atomic E-state index is -0.548. The molecule has 1 aromatic heterocycles. The third kappa shape index (κ3) is 2.65. The summed E-state index contributed by atoms with van der Waals surface area (Å²) in [6.07, 6.45) is 1.49. The molecule has 1 aliphatic rings. The predicted molar refractivity (Wildman–Crippen MR) is 92.4 cm³/mol. The summed E-state index contributed by atoms with van der Waals surface area (Å²) in [5, 5.41) is 6.28. The summed E-state index contributed by atoms with van der Waals surface area (Å²) in [5.74, 6) is -1.35. The topological polar surface area (TPSA) is 92.5 Å². The van der Waals surface area contributed by atoms with Crippen LogP contribution in [0.2, 0.25) is 0 Å². The number of benzene rings is 2. The third-order valence-corrected chi connectivity index (χ3v) is 4.09. The zero-order valence-electron chi connectivity index (χ0n) is 13.5. The molecule has 128 valence electrons. The van der Waals surface area contributed by atoms with E-state index in [-0.39, 0.29) is 5.88 Å². The summed E-state index contributed by atoms with van der Waals surface area (Å²) in [4.78, 5) is 37.9. The minimum Gasteiger partial charge on any atom is -0.338 e. The predicted octanol–water partition coefficient (Wildman–Crippen LogP) is 2.58. The number of hydrogen-bond acceptors (Lipinski definition) is 5. The molecular formula is C19H13N3O4. The molecule has 7 nitrogen and oxygen atoms in total. The molecule has 1 N–H and O–H groups in total. The zero-order chi connectivity index (χ0) is 18.1. The molecule has 0 bridgehead atoms. The highest BCUT2D eigenvalue weighted by atomic mass is 16.5. The maximum Gasteiger partial charge on any atom is 0.262 e. The molecule has 0 saturated carbocycles. The second kappa shape index (κ2) is 6.29. The van der Waals surface area contributed by atoms with Gasteiger partial charge in [-0.25, -0.2) is 0 Å². The van der Waals surface area contributed by atoms with Crippen LogP contribution in [0, 0.1) is 0 Å². The molecular weight excluding hydrogens is 334 g/mol. The van der Waals surface area contributed by atoms with Gasteiger partial charge in [0.2, 0.25) is 11.8 Å². The van der Waals surface area contributed by atoms with Crippen molar-refractivity contribution in [3.05, 3.63) is 71.9 Å². The highest BCUT2D eigenvalue weighted by molar-refractivity contribution is 6.22. The molecule has 26 heavy (non-hydrogen) atoms. The summed E-state index contributed by atoms with van der Waals surface area (Å²) < 4.78 is 5.10. The van der Waals surface area contributed by atoms with Gasteiger partial charge >= 0.3 is 0 Å². The molecule has 2 heterocycles. The average Bonchev–Trinajstić information content (AvgIpc) is 3.22. The quantitative estimate of drug-likeness (QED) is 0.732. The Bertz CT molecular complexity index is 975. The molecule has 0 aliphatic carbocycles. The number of hydrogen-bond donors (Lipinski definition) is 1. The molecule has 0 spiro atoms. The Morgan fingerprint density at radius 2 is 1.54 bits per heavy atom. The van der Waals surface area contributed by atoms with Crippen molar-refractivity contribution in [3.8, 4) is 11.1 Å². The number of carbonyl (C=O) groups excluding carboxylic acids is 3. The van der Waals surface area contributed by atoms with E-state index in [1.54, 1.807) is 24.3 Å². The second-order valence-corrected chi connectivity index (χ2v) is 5.72. The van der Waals surface area contributed by atoms with E-state index in [1.165, 1.54) is 6.20 Å². The van der Waals surface area contributed by atoms with Crippen LogP contribution in [0.15, 0.2) is 65.3 Å². The van der Waals surface area contributed by atoms with E-state index in [0.717, 1.165) is 10.5 Å². The van der Waals surface area contributed by atoms with Crippen LogP contribution in [0.25, 0.3) is 11.1 Å². The molecule has 4 rings (SSSR count). The SMILES string of the molecule is O=C(CN1C(=O)c2ccccc2C1=O)Nc1oncc1-c1ccccc1. The first-order chi connectivity index (χ1) is 12.6. The van der Waals surface area contributed by atoms with E-state index in [1.807, 2.05) is 30.3 Å². The van der Waals surface area contributed by atoms with E-state index in [0.29, 0.717) is 16.7 Å². The largest absolute Gasteiger partial charge is 0.338 e. The van der Waals surface area contributed by atoms with Gasteiger partial charge in [0.1, 0.15) is 6.54 Å². The number of anilines is 1. The number of carbonyl (C=O) groups is 3. The number of nitrogens with one attached hydrogen (secondary N) is 1. The van der Waals surface area contributed by atoms with Crippen molar-refractivity contribution < 1.29 is 18.9 Å². The molecule has 0 saturated heterocycles. The molecule has 1 aliphatic heterocycles. The molecule has 0 unspecified atom stereocenters. The van der Waals surface area contributed by atoms with Crippen molar-refractivity contribution in [2.45, 2.75) is 0 Å². The average molecular weight is 347 g/mol. The van der Waals surface area contributed by atoms with Gasteiger partial charge in [-0.3, -0.25) is 24.6 Å². The van der Waals surface area contributed by atoms with Crippen molar-refractivity contribution in [2.24, 2.45) is 0 Å². The van der Waals surface area contributed by atoms with Crippen LogP contribution >= 0.6 is 0 Å². The standard InChI is InChI=1S/C19H13N3O4/c23-16(11-22-18(24)13-8-4-5-9-14(13)19(22)25)21-17-15(10-20-26-17)12-6-2-1-3-7-12/h1-10H,11H2,(H,21,23). The lowest BCUT2D eigenvalue weighted by Gasteiger charge is -2.13. The first-order valence-electron chi connectivity index (χ1n) is 7.90. The van der Waals surface area contributed by atoms with Crippen LogP contribution in [0.3, 0.4) is 0 Å². The van der Waals surface area contributed by atoms with Crippen LogP contribution in [0.1, 0.15) is 20.7 Å². The highest BCUT2D eigenvalue weighted by Crippen LogP contribution is 2.28. The maximum absolute atomic E-state index is 12.3. The molecule has 3 amide bonds. The van der Waals surface area contributed by atoms with Crippen molar-refractivity contribution >= 4 is 23.6 Å². The summed E-state index contributed by atoms with van der Waals surface area (Å²) in [7, 11) is 0. The van der Waals surface area contributed by atoms with Crippen molar-refractivity contribution in [1.82, 2.24) is 10.1 Å². The molecule has 0 fully saturated rings.